The maximum atomic E-state index is 13.0. The third-order valence-corrected chi connectivity index (χ3v) is 7.85. The molecule has 0 bridgehead atoms. The number of piperidine rings is 1. The largest absolute Gasteiger partial charge is 0.493 e. The molecule has 38 heavy (non-hydrogen) atoms. The normalized spacial score (nSPS) is 15.9. The van der Waals surface area contributed by atoms with Crippen LogP contribution in [0.25, 0.3) is 15.9 Å². The highest BCUT2D eigenvalue weighted by molar-refractivity contribution is 7.15. The van der Waals surface area contributed by atoms with Gasteiger partial charge in [-0.15, -0.1) is 11.3 Å². The fourth-order valence-corrected chi connectivity index (χ4v) is 5.93. The summed E-state index contributed by atoms with van der Waals surface area (Å²) in [5, 5.41) is 3.14. The van der Waals surface area contributed by atoms with Crippen LogP contribution in [0, 0.1) is 5.92 Å². The van der Waals surface area contributed by atoms with Gasteiger partial charge < -0.3 is 9.64 Å². The fraction of sp³-hybridized carbons (Fsp3) is 0.300. The van der Waals surface area contributed by atoms with E-state index in [1.54, 1.807) is 0 Å². The van der Waals surface area contributed by atoms with Crippen molar-refractivity contribution in [3.8, 4) is 5.75 Å². The lowest BCUT2D eigenvalue weighted by Gasteiger charge is -2.32. The van der Waals surface area contributed by atoms with Crippen molar-refractivity contribution in [1.29, 1.82) is 0 Å². The van der Waals surface area contributed by atoms with E-state index < -0.39 is 0 Å². The Morgan fingerprint density at radius 2 is 2.03 bits per heavy atom. The first-order valence-corrected chi connectivity index (χ1v) is 13.9. The lowest BCUT2D eigenvalue weighted by Crippen LogP contribution is -2.41. The summed E-state index contributed by atoms with van der Waals surface area (Å²) < 4.78 is 8.13. The number of aromatic nitrogens is 3. The summed E-state index contributed by atoms with van der Waals surface area (Å²) in [6.45, 7) is 3.77. The van der Waals surface area contributed by atoms with Gasteiger partial charge in [0.05, 0.1) is 12.1 Å². The molecule has 5 aromatic rings. The highest BCUT2D eigenvalue weighted by Gasteiger charge is 2.26. The Morgan fingerprint density at radius 3 is 2.92 bits per heavy atom. The van der Waals surface area contributed by atoms with E-state index in [0.29, 0.717) is 24.8 Å². The Morgan fingerprint density at radius 1 is 1.13 bits per heavy atom. The van der Waals surface area contributed by atoms with Crippen LogP contribution in [0.5, 0.6) is 5.75 Å². The predicted molar refractivity (Wildman–Crippen MR) is 151 cm³/mol. The summed E-state index contributed by atoms with van der Waals surface area (Å²) in [7, 11) is 2.14. The van der Waals surface area contributed by atoms with Crippen molar-refractivity contribution < 1.29 is 9.53 Å². The average Bonchev–Trinajstić information content (AvgIpc) is 3.55. The van der Waals surface area contributed by atoms with E-state index >= 15 is 0 Å². The van der Waals surface area contributed by atoms with Gasteiger partial charge in [0.1, 0.15) is 11.4 Å². The molecule has 3 aromatic heterocycles. The minimum absolute atomic E-state index is 0.0123. The second-order valence-electron chi connectivity index (χ2n) is 10.1. The number of amides is 1. The molecule has 1 aliphatic heterocycles. The first-order valence-electron chi connectivity index (χ1n) is 13.1. The molecule has 2 aromatic carbocycles. The van der Waals surface area contributed by atoms with E-state index in [4.69, 9.17) is 4.74 Å². The van der Waals surface area contributed by atoms with Gasteiger partial charge in [0.25, 0.3) is 5.91 Å². The van der Waals surface area contributed by atoms with Crippen molar-refractivity contribution in [2.45, 2.75) is 25.9 Å². The average molecular weight is 526 g/mol. The third-order valence-electron chi connectivity index (χ3n) is 7.08. The van der Waals surface area contributed by atoms with Gasteiger partial charge in [-0.2, -0.15) is 0 Å². The molecule has 1 amide bonds. The maximum absolute atomic E-state index is 13.0. The molecule has 1 atom stereocenters. The van der Waals surface area contributed by atoms with Gasteiger partial charge in [-0.05, 0) is 61.3 Å². The Bertz CT molecular complexity index is 1530. The quantitative estimate of drug-likeness (QED) is 0.267. The Kier molecular flexibility index (Phi) is 7.07. The molecular weight excluding hydrogens is 494 g/mol. The number of nitrogens with zero attached hydrogens (tertiary/aromatic N) is 5. The topological polar surface area (TPSA) is 63.0 Å². The van der Waals surface area contributed by atoms with Crippen molar-refractivity contribution in [3.63, 3.8) is 0 Å². The molecular formula is C30H31N5O2S. The molecule has 4 heterocycles. The standard InChI is InChI=1S/C30H31N5O2S/c1-33(18-23-9-10-27-25(15-23)7-3-11-31-27)17-22-5-2-8-26(16-22)37-21-24-6-4-12-34(19-24)29(36)28-20-35-13-14-38-30(35)32-28/h2-3,5,7-11,13-16,20,24H,4,6,12,17-19,21H2,1H3. The predicted octanol–water partition coefficient (Wildman–Crippen LogP) is 5.51. The molecule has 1 aliphatic rings. The van der Waals surface area contributed by atoms with E-state index in [1.165, 1.54) is 27.8 Å². The summed E-state index contributed by atoms with van der Waals surface area (Å²) in [6, 6.07) is 18.9. The van der Waals surface area contributed by atoms with Gasteiger partial charge in [-0.3, -0.25) is 19.1 Å². The molecule has 8 heteroatoms. The number of thiazole rings is 1. The van der Waals surface area contributed by atoms with Crippen LogP contribution in [0.2, 0.25) is 0 Å². The van der Waals surface area contributed by atoms with E-state index in [9.17, 15) is 4.79 Å². The van der Waals surface area contributed by atoms with E-state index in [-0.39, 0.29) is 5.91 Å². The van der Waals surface area contributed by atoms with Crippen molar-refractivity contribution in [3.05, 3.63) is 95.4 Å². The van der Waals surface area contributed by atoms with Gasteiger partial charge in [0.2, 0.25) is 0 Å². The summed E-state index contributed by atoms with van der Waals surface area (Å²) in [4.78, 5) is 27.0. The molecule has 1 saturated heterocycles. The SMILES string of the molecule is CN(Cc1cccc(OCC2CCCN(C(=O)c3cn4ccsc4n3)C2)c1)Cc1ccc2ncccc2c1. The number of likely N-dealkylation sites (tertiary alicyclic amines) is 1. The minimum atomic E-state index is 0.0123. The second-order valence-corrected chi connectivity index (χ2v) is 11.0. The van der Waals surface area contributed by atoms with Crippen LogP contribution in [-0.2, 0) is 13.1 Å². The van der Waals surface area contributed by atoms with Crippen LogP contribution in [-0.4, -0.2) is 56.8 Å². The van der Waals surface area contributed by atoms with Crippen molar-refractivity contribution in [1.82, 2.24) is 24.2 Å². The number of ether oxygens (including phenoxy) is 1. The van der Waals surface area contributed by atoms with Crippen LogP contribution in [0.1, 0.15) is 34.5 Å². The van der Waals surface area contributed by atoms with Gasteiger partial charge in [0.15, 0.2) is 4.96 Å². The first-order chi connectivity index (χ1) is 18.6. The number of benzene rings is 2. The van der Waals surface area contributed by atoms with Crippen molar-refractivity contribution in [2.75, 3.05) is 26.7 Å². The van der Waals surface area contributed by atoms with Gasteiger partial charge in [-0.25, -0.2) is 4.98 Å². The first kappa shape index (κ1) is 24.6. The number of hydrogen-bond donors (Lipinski definition) is 0. The number of fused-ring (bicyclic) bond motifs is 2. The minimum Gasteiger partial charge on any atom is -0.493 e. The second kappa shape index (κ2) is 10.9. The Labute approximate surface area is 226 Å². The van der Waals surface area contributed by atoms with Crippen molar-refractivity contribution in [2.24, 2.45) is 5.92 Å². The highest BCUT2D eigenvalue weighted by Crippen LogP contribution is 2.23. The molecule has 0 N–H and O–H groups in total. The molecule has 0 saturated carbocycles. The summed E-state index contributed by atoms with van der Waals surface area (Å²) in [6.07, 6.45) is 7.64. The third kappa shape index (κ3) is 5.56. The van der Waals surface area contributed by atoms with E-state index in [2.05, 4.69) is 64.4 Å². The summed E-state index contributed by atoms with van der Waals surface area (Å²) in [5.74, 6) is 1.20. The molecule has 0 radical (unpaired) electrons. The lowest BCUT2D eigenvalue weighted by molar-refractivity contribution is 0.0628. The molecule has 0 spiro atoms. The fourth-order valence-electron chi connectivity index (χ4n) is 5.23. The maximum Gasteiger partial charge on any atom is 0.274 e. The van der Waals surface area contributed by atoms with Crippen LogP contribution in [0.4, 0.5) is 0 Å². The zero-order valence-corrected chi connectivity index (χ0v) is 22.3. The lowest BCUT2D eigenvalue weighted by atomic mass is 9.98. The number of pyridine rings is 1. The Balaban J connectivity index is 1.02. The van der Waals surface area contributed by atoms with Crippen LogP contribution < -0.4 is 4.74 Å². The summed E-state index contributed by atoms with van der Waals surface area (Å²) in [5.41, 5.74) is 4.03. The number of carbonyl (C=O) groups is 1. The van der Waals surface area contributed by atoms with Gasteiger partial charge in [0, 0.05) is 61.5 Å². The molecule has 0 aliphatic carbocycles. The molecule has 7 nitrogen and oxygen atoms in total. The summed E-state index contributed by atoms with van der Waals surface area (Å²) >= 11 is 1.54. The van der Waals surface area contributed by atoms with Crippen molar-refractivity contribution >= 4 is 33.1 Å². The monoisotopic (exact) mass is 525 g/mol. The number of hydrogen-bond acceptors (Lipinski definition) is 6. The van der Waals surface area contributed by atoms with E-state index in [0.717, 1.165) is 48.7 Å². The Hall–Kier alpha value is -3.75. The van der Waals surface area contributed by atoms with E-state index in [1.807, 2.05) is 45.4 Å². The smallest absolute Gasteiger partial charge is 0.274 e. The highest BCUT2D eigenvalue weighted by atomic mass is 32.1. The van der Waals surface area contributed by atoms with Crippen LogP contribution in [0.3, 0.4) is 0 Å². The molecule has 194 valence electrons. The molecule has 6 rings (SSSR count). The number of rotatable bonds is 8. The molecule has 1 fully saturated rings. The number of carbonyl (C=O) groups excluding carboxylic acids is 1. The molecule has 1 unspecified atom stereocenters. The van der Waals surface area contributed by atoms with Crippen LogP contribution >= 0.6 is 11.3 Å². The zero-order valence-electron chi connectivity index (χ0n) is 21.5. The van der Waals surface area contributed by atoms with Gasteiger partial charge >= 0.3 is 0 Å². The van der Waals surface area contributed by atoms with Crippen LogP contribution in [0.15, 0.2) is 78.6 Å². The zero-order chi connectivity index (χ0) is 25.9. The van der Waals surface area contributed by atoms with Gasteiger partial charge in [-0.1, -0.05) is 24.3 Å². The number of imidazole rings is 1.